The van der Waals surface area contributed by atoms with Gasteiger partial charge >= 0.3 is 0 Å². The Morgan fingerprint density at radius 3 is 2.86 bits per heavy atom. The van der Waals surface area contributed by atoms with Gasteiger partial charge in [0, 0.05) is 49.9 Å². The molecule has 1 amide bonds. The van der Waals surface area contributed by atoms with Crippen LogP contribution in [0, 0.1) is 18.8 Å². The highest BCUT2D eigenvalue weighted by molar-refractivity contribution is 5.92. The zero-order valence-electron chi connectivity index (χ0n) is 17.2. The Bertz CT molecular complexity index is 1080. The molecule has 3 heterocycles. The molecule has 2 aromatic heterocycles. The van der Waals surface area contributed by atoms with Crippen molar-refractivity contribution in [1.82, 2.24) is 24.9 Å². The van der Waals surface area contributed by atoms with E-state index in [-0.39, 0.29) is 17.9 Å². The highest BCUT2D eigenvalue weighted by Gasteiger charge is 2.29. The predicted molar refractivity (Wildman–Crippen MR) is 111 cm³/mol. The second-order valence-electron chi connectivity index (χ2n) is 8.56. The normalized spacial score (nSPS) is 20.2. The third kappa shape index (κ3) is 3.50. The molecule has 1 saturated carbocycles. The topological polar surface area (TPSA) is 74.0 Å². The number of aryl methyl sites for hydroxylation is 2. The third-order valence-electron chi connectivity index (χ3n) is 6.28. The van der Waals surface area contributed by atoms with E-state index in [2.05, 4.69) is 40.8 Å². The molecule has 2 fully saturated rings. The summed E-state index contributed by atoms with van der Waals surface area (Å²) in [5.41, 5.74) is 4.12. The molecule has 1 N–H and O–H groups in total. The summed E-state index contributed by atoms with van der Waals surface area (Å²) >= 11 is 0. The summed E-state index contributed by atoms with van der Waals surface area (Å²) in [5, 5.41) is 13.2. The molecule has 7 nitrogen and oxygen atoms in total. The second-order valence-corrected chi connectivity index (χ2v) is 8.56. The first kappa shape index (κ1) is 18.2. The molecule has 0 bridgehead atoms. The van der Waals surface area contributed by atoms with Crippen LogP contribution in [0.2, 0.25) is 0 Å². The molecule has 0 spiro atoms. The van der Waals surface area contributed by atoms with E-state index in [1.807, 2.05) is 29.5 Å². The van der Waals surface area contributed by atoms with Crippen LogP contribution in [0.15, 0.2) is 24.5 Å². The lowest BCUT2D eigenvalue weighted by Gasteiger charge is -2.20. The first-order valence-corrected chi connectivity index (χ1v) is 10.4. The lowest BCUT2D eigenvalue weighted by atomic mass is 10.0. The summed E-state index contributed by atoms with van der Waals surface area (Å²) < 4.78 is 10.4. The monoisotopic (exact) mass is 393 g/mol. The van der Waals surface area contributed by atoms with Crippen LogP contribution in [0.5, 0.6) is 5.75 Å². The molecule has 1 aliphatic carbocycles. The van der Waals surface area contributed by atoms with Gasteiger partial charge in [-0.1, -0.05) is 0 Å². The number of carbonyl (C=O) groups excluding carboxylic acids is 1. The van der Waals surface area contributed by atoms with Gasteiger partial charge in [0.25, 0.3) is 0 Å². The van der Waals surface area contributed by atoms with E-state index >= 15 is 0 Å². The molecule has 1 unspecified atom stereocenters. The highest BCUT2D eigenvalue weighted by atomic mass is 16.5. The minimum atomic E-state index is -0.0652. The third-order valence-corrected chi connectivity index (χ3v) is 6.28. The fourth-order valence-corrected chi connectivity index (χ4v) is 4.13. The van der Waals surface area contributed by atoms with E-state index in [1.54, 1.807) is 0 Å². The van der Waals surface area contributed by atoms with Gasteiger partial charge in [-0.3, -0.25) is 14.2 Å². The number of hydrogen-bond acceptors (Lipinski definition) is 4. The number of ether oxygens (including phenoxy) is 1. The number of hydrogen-bond donors (Lipinski definition) is 1. The number of nitrogens with one attached hydrogen (secondary N) is 1. The van der Waals surface area contributed by atoms with Gasteiger partial charge in [0.1, 0.15) is 11.9 Å². The van der Waals surface area contributed by atoms with Crippen LogP contribution in [-0.4, -0.2) is 38.1 Å². The van der Waals surface area contributed by atoms with E-state index in [0.29, 0.717) is 13.0 Å². The number of carbonyl (C=O) groups is 1. The maximum Gasteiger partial charge on any atom is 0.220 e. The van der Waals surface area contributed by atoms with Crippen LogP contribution in [0.3, 0.4) is 0 Å². The molecule has 29 heavy (non-hydrogen) atoms. The van der Waals surface area contributed by atoms with Crippen LogP contribution in [0.1, 0.15) is 31.9 Å². The van der Waals surface area contributed by atoms with Crippen LogP contribution in [-0.2, 0) is 18.4 Å². The first-order valence-electron chi connectivity index (χ1n) is 10.4. The summed E-state index contributed by atoms with van der Waals surface area (Å²) in [6.07, 6.45) is 7.11. The van der Waals surface area contributed by atoms with Gasteiger partial charge in [-0.2, -0.15) is 10.2 Å². The van der Waals surface area contributed by atoms with E-state index in [4.69, 9.17) is 4.74 Å². The largest absolute Gasteiger partial charge is 0.490 e. The zero-order valence-corrected chi connectivity index (χ0v) is 17.2. The Labute approximate surface area is 170 Å². The van der Waals surface area contributed by atoms with Crippen LogP contribution in [0.4, 0.5) is 0 Å². The molecule has 2 aliphatic rings. The molecule has 1 saturated heterocycles. The summed E-state index contributed by atoms with van der Waals surface area (Å²) in [5.74, 6) is 1.89. The summed E-state index contributed by atoms with van der Waals surface area (Å²) in [6, 6.07) is 4.20. The first-order chi connectivity index (χ1) is 14.0. The maximum atomic E-state index is 11.6. The number of benzene rings is 1. The smallest absolute Gasteiger partial charge is 0.220 e. The Balaban J connectivity index is 1.50. The van der Waals surface area contributed by atoms with Crippen molar-refractivity contribution in [3.05, 3.63) is 30.2 Å². The SMILES string of the molecule is Cc1c2c(OC(C)[C@H]3CNC(=O)C3)cc(-c3cnn(CC4CC4)c3)cc2nn1C. The fourth-order valence-electron chi connectivity index (χ4n) is 4.13. The van der Waals surface area contributed by atoms with Crippen molar-refractivity contribution in [2.45, 2.75) is 45.8 Å². The minimum Gasteiger partial charge on any atom is -0.490 e. The number of amides is 1. The number of rotatable bonds is 6. The minimum absolute atomic E-state index is 0.0652. The van der Waals surface area contributed by atoms with Gasteiger partial charge in [-0.15, -0.1) is 0 Å². The summed E-state index contributed by atoms with van der Waals surface area (Å²) in [7, 11) is 1.95. The lowest BCUT2D eigenvalue weighted by Crippen LogP contribution is -2.25. The van der Waals surface area contributed by atoms with Crippen molar-refractivity contribution in [3.63, 3.8) is 0 Å². The van der Waals surface area contributed by atoms with E-state index in [1.165, 1.54) is 12.8 Å². The summed E-state index contributed by atoms with van der Waals surface area (Å²) in [6.45, 7) is 5.76. The quantitative estimate of drug-likeness (QED) is 0.699. The molecule has 5 rings (SSSR count). The molecule has 7 heteroatoms. The summed E-state index contributed by atoms with van der Waals surface area (Å²) in [4.78, 5) is 11.6. The van der Waals surface area contributed by atoms with Gasteiger partial charge < -0.3 is 10.1 Å². The van der Waals surface area contributed by atoms with Crippen LogP contribution >= 0.6 is 0 Å². The molecule has 1 aromatic carbocycles. The fraction of sp³-hybridized carbons (Fsp3) is 0.500. The van der Waals surface area contributed by atoms with Crippen molar-refractivity contribution in [2.24, 2.45) is 18.9 Å². The van der Waals surface area contributed by atoms with Gasteiger partial charge in [0.2, 0.25) is 5.91 Å². The molecule has 152 valence electrons. The van der Waals surface area contributed by atoms with Crippen molar-refractivity contribution >= 4 is 16.8 Å². The van der Waals surface area contributed by atoms with E-state index in [0.717, 1.165) is 45.9 Å². The van der Waals surface area contributed by atoms with Gasteiger partial charge in [0.15, 0.2) is 0 Å². The molecule has 1 aliphatic heterocycles. The molecular weight excluding hydrogens is 366 g/mol. The molecular formula is C22H27N5O2. The van der Waals surface area contributed by atoms with Crippen molar-refractivity contribution in [3.8, 4) is 16.9 Å². The van der Waals surface area contributed by atoms with Gasteiger partial charge in [0.05, 0.1) is 17.1 Å². The van der Waals surface area contributed by atoms with Gasteiger partial charge in [-0.25, -0.2) is 0 Å². The molecule has 2 atom stereocenters. The Kier molecular flexibility index (Phi) is 4.33. The number of nitrogens with zero attached hydrogens (tertiary/aromatic N) is 4. The number of aromatic nitrogens is 4. The van der Waals surface area contributed by atoms with Crippen molar-refractivity contribution in [2.75, 3.05) is 6.54 Å². The van der Waals surface area contributed by atoms with E-state index in [9.17, 15) is 4.79 Å². The average molecular weight is 393 g/mol. The van der Waals surface area contributed by atoms with Crippen molar-refractivity contribution < 1.29 is 9.53 Å². The molecule has 3 aromatic rings. The Morgan fingerprint density at radius 1 is 1.31 bits per heavy atom. The Hall–Kier alpha value is -2.83. The standard InChI is InChI=1S/C22H27N5O2/c1-13-22-19(25-26(13)3)6-16(18-10-24-27(12-18)11-15-4-5-15)7-20(22)29-14(2)17-8-21(28)23-9-17/h6-7,10,12,14-15,17H,4-5,8-9,11H2,1-3H3,(H,23,28)/t14?,17-/m1/s1. The predicted octanol–water partition coefficient (Wildman–Crippen LogP) is 3.06. The van der Waals surface area contributed by atoms with Gasteiger partial charge in [-0.05, 0) is 50.3 Å². The average Bonchev–Trinajstić information content (AvgIpc) is 3.07. The van der Waals surface area contributed by atoms with Crippen LogP contribution in [0.25, 0.3) is 22.0 Å². The van der Waals surface area contributed by atoms with Crippen molar-refractivity contribution in [1.29, 1.82) is 0 Å². The highest BCUT2D eigenvalue weighted by Crippen LogP contribution is 2.36. The second kappa shape index (κ2) is 6.90. The maximum absolute atomic E-state index is 11.6. The molecule has 0 radical (unpaired) electrons. The number of fused-ring (bicyclic) bond motifs is 1. The van der Waals surface area contributed by atoms with E-state index < -0.39 is 0 Å². The zero-order chi connectivity index (χ0) is 20.1. The van der Waals surface area contributed by atoms with Crippen LogP contribution < -0.4 is 10.1 Å². The Morgan fingerprint density at radius 2 is 2.14 bits per heavy atom. The lowest BCUT2D eigenvalue weighted by molar-refractivity contribution is -0.119.